The normalized spacial score (nSPS) is 14.4. The molecule has 0 radical (unpaired) electrons. The maximum absolute atomic E-state index is 11.0. The molecule has 2 unspecified atom stereocenters. The maximum atomic E-state index is 11.0. The number of alkyl halides is 1. The van der Waals surface area contributed by atoms with E-state index in [9.17, 15) is 10.1 Å². The lowest BCUT2D eigenvalue weighted by Crippen LogP contribution is -2.05. The lowest BCUT2D eigenvalue weighted by atomic mass is 9.95. The summed E-state index contributed by atoms with van der Waals surface area (Å²) in [5.74, 6) is 0.262. The molecule has 1 aromatic carbocycles. The molecular formula is C13H13BrN2O2. The van der Waals surface area contributed by atoms with Gasteiger partial charge < -0.3 is 0 Å². The molecule has 0 amide bonds. The van der Waals surface area contributed by atoms with Crippen molar-refractivity contribution in [1.29, 1.82) is 0 Å². The van der Waals surface area contributed by atoms with Crippen molar-refractivity contribution in [3.8, 4) is 0 Å². The first-order chi connectivity index (χ1) is 8.52. The Balaban J connectivity index is 2.71. The molecule has 94 valence electrons. The van der Waals surface area contributed by atoms with E-state index < -0.39 is 0 Å². The van der Waals surface area contributed by atoms with E-state index in [1.165, 1.54) is 6.07 Å². The molecule has 0 bridgehead atoms. The highest BCUT2D eigenvalue weighted by atomic mass is 79.9. The van der Waals surface area contributed by atoms with E-state index in [2.05, 4.69) is 34.8 Å². The summed E-state index contributed by atoms with van der Waals surface area (Å²) in [7, 11) is 0. The number of rotatable bonds is 3. The van der Waals surface area contributed by atoms with E-state index in [0.29, 0.717) is 10.3 Å². The van der Waals surface area contributed by atoms with Gasteiger partial charge in [-0.3, -0.25) is 10.1 Å². The van der Waals surface area contributed by atoms with Gasteiger partial charge in [0.1, 0.15) is 5.52 Å². The summed E-state index contributed by atoms with van der Waals surface area (Å²) < 4.78 is 0. The van der Waals surface area contributed by atoms with Crippen molar-refractivity contribution in [2.24, 2.45) is 0 Å². The Kier molecular flexibility index (Phi) is 3.61. The minimum atomic E-state index is -0.388. The van der Waals surface area contributed by atoms with Crippen LogP contribution in [0.1, 0.15) is 25.3 Å². The molecule has 18 heavy (non-hydrogen) atoms. The molecule has 2 aromatic rings. The third-order valence-corrected chi connectivity index (χ3v) is 3.95. The summed E-state index contributed by atoms with van der Waals surface area (Å²) in [6.07, 6.45) is 1.64. The van der Waals surface area contributed by atoms with Crippen molar-refractivity contribution < 1.29 is 4.92 Å². The molecule has 1 aromatic heterocycles. The van der Waals surface area contributed by atoms with Gasteiger partial charge >= 0.3 is 0 Å². The van der Waals surface area contributed by atoms with Crippen LogP contribution < -0.4 is 0 Å². The number of pyridine rings is 1. The van der Waals surface area contributed by atoms with Crippen LogP contribution in [0.15, 0.2) is 30.5 Å². The zero-order valence-electron chi connectivity index (χ0n) is 10.1. The van der Waals surface area contributed by atoms with Gasteiger partial charge in [-0.05, 0) is 17.5 Å². The quantitative estimate of drug-likeness (QED) is 0.488. The standard InChI is InChI=1S/C13H13BrN2O2/c1-8(9(2)14)10-6-7-15-13-11(10)4-3-5-12(13)16(17)18/h3-9H,1-2H3. The van der Waals surface area contributed by atoms with Crippen LogP contribution in [-0.2, 0) is 0 Å². The summed E-state index contributed by atoms with van der Waals surface area (Å²) in [5, 5.41) is 11.8. The van der Waals surface area contributed by atoms with E-state index in [0.717, 1.165) is 10.9 Å². The van der Waals surface area contributed by atoms with Crippen LogP contribution in [0.2, 0.25) is 0 Å². The highest BCUT2D eigenvalue weighted by Crippen LogP contribution is 2.32. The minimum Gasteiger partial charge on any atom is -0.258 e. The molecule has 1 heterocycles. The molecule has 0 saturated heterocycles. The van der Waals surface area contributed by atoms with Gasteiger partial charge in [0.2, 0.25) is 0 Å². The Bertz CT molecular complexity index is 599. The van der Waals surface area contributed by atoms with Crippen LogP contribution >= 0.6 is 15.9 Å². The zero-order valence-corrected chi connectivity index (χ0v) is 11.7. The average molecular weight is 309 g/mol. The van der Waals surface area contributed by atoms with Crippen molar-refractivity contribution in [2.45, 2.75) is 24.6 Å². The van der Waals surface area contributed by atoms with Crippen LogP contribution in [0, 0.1) is 10.1 Å². The third kappa shape index (κ3) is 2.22. The monoisotopic (exact) mass is 308 g/mol. The summed E-state index contributed by atoms with van der Waals surface area (Å²) >= 11 is 3.56. The van der Waals surface area contributed by atoms with Crippen molar-refractivity contribution >= 4 is 32.5 Å². The molecule has 0 spiro atoms. The Morgan fingerprint density at radius 2 is 2.06 bits per heavy atom. The summed E-state index contributed by atoms with van der Waals surface area (Å²) in [5.41, 5.74) is 1.59. The number of nitro benzene ring substituents is 1. The van der Waals surface area contributed by atoms with E-state index >= 15 is 0 Å². The highest BCUT2D eigenvalue weighted by Gasteiger charge is 2.18. The second-order valence-corrected chi connectivity index (χ2v) is 5.74. The number of nitrogens with zero attached hydrogens (tertiary/aromatic N) is 2. The fourth-order valence-corrected chi connectivity index (χ4v) is 2.26. The van der Waals surface area contributed by atoms with Gasteiger partial charge in [-0.2, -0.15) is 0 Å². The van der Waals surface area contributed by atoms with Gasteiger partial charge in [0, 0.05) is 22.5 Å². The minimum absolute atomic E-state index is 0.0591. The number of halogens is 1. The van der Waals surface area contributed by atoms with E-state index in [1.54, 1.807) is 12.3 Å². The number of hydrogen-bond donors (Lipinski definition) is 0. The first-order valence-electron chi connectivity index (χ1n) is 5.68. The predicted octanol–water partition coefficient (Wildman–Crippen LogP) is 4.03. The number of non-ortho nitro benzene ring substituents is 1. The van der Waals surface area contributed by atoms with E-state index in [4.69, 9.17) is 0 Å². The van der Waals surface area contributed by atoms with Crippen LogP contribution in [0.4, 0.5) is 5.69 Å². The Morgan fingerprint density at radius 1 is 1.33 bits per heavy atom. The summed E-state index contributed by atoms with van der Waals surface area (Å²) in [6.45, 7) is 4.15. The molecule has 2 atom stereocenters. The number of fused-ring (bicyclic) bond motifs is 1. The molecular weight excluding hydrogens is 296 g/mol. The lowest BCUT2D eigenvalue weighted by Gasteiger charge is -2.16. The van der Waals surface area contributed by atoms with Gasteiger partial charge in [0.15, 0.2) is 0 Å². The molecule has 0 saturated carbocycles. The van der Waals surface area contributed by atoms with Crippen LogP contribution in [0.25, 0.3) is 10.9 Å². The van der Waals surface area contributed by atoms with Gasteiger partial charge in [-0.1, -0.05) is 41.9 Å². The van der Waals surface area contributed by atoms with Gasteiger partial charge in [0.25, 0.3) is 5.69 Å². The van der Waals surface area contributed by atoms with E-state index in [1.807, 2.05) is 12.1 Å². The number of benzene rings is 1. The number of hydrogen-bond acceptors (Lipinski definition) is 3. The first-order valence-corrected chi connectivity index (χ1v) is 6.60. The number of aromatic nitrogens is 1. The summed E-state index contributed by atoms with van der Waals surface area (Å²) in [4.78, 5) is 15.0. The first kappa shape index (κ1) is 13.0. The fraction of sp³-hybridized carbons (Fsp3) is 0.308. The van der Waals surface area contributed by atoms with Crippen molar-refractivity contribution in [2.75, 3.05) is 0 Å². The SMILES string of the molecule is CC(Br)C(C)c1ccnc2c([N+](=O)[O-])cccc12. The third-order valence-electron chi connectivity index (χ3n) is 3.16. The van der Waals surface area contributed by atoms with Gasteiger partial charge in [-0.25, -0.2) is 4.98 Å². The fourth-order valence-electron chi connectivity index (χ4n) is 1.97. The lowest BCUT2D eigenvalue weighted by molar-refractivity contribution is -0.383. The molecule has 0 aliphatic carbocycles. The predicted molar refractivity (Wildman–Crippen MR) is 75.2 cm³/mol. The second kappa shape index (κ2) is 5.02. The van der Waals surface area contributed by atoms with Crippen molar-refractivity contribution in [3.05, 3.63) is 46.1 Å². The topological polar surface area (TPSA) is 56.0 Å². The van der Waals surface area contributed by atoms with Crippen LogP contribution in [0.5, 0.6) is 0 Å². The Labute approximate surface area is 113 Å². The maximum Gasteiger partial charge on any atom is 0.295 e. The molecule has 0 fully saturated rings. The Morgan fingerprint density at radius 3 is 2.67 bits per heavy atom. The van der Waals surface area contributed by atoms with Crippen LogP contribution in [-0.4, -0.2) is 14.7 Å². The van der Waals surface area contributed by atoms with Gasteiger partial charge in [0.05, 0.1) is 4.92 Å². The molecule has 0 aliphatic rings. The smallest absolute Gasteiger partial charge is 0.258 e. The second-order valence-electron chi connectivity index (χ2n) is 4.30. The van der Waals surface area contributed by atoms with Crippen molar-refractivity contribution in [1.82, 2.24) is 4.98 Å². The van der Waals surface area contributed by atoms with Gasteiger partial charge in [-0.15, -0.1) is 0 Å². The largest absolute Gasteiger partial charge is 0.295 e. The average Bonchev–Trinajstić information content (AvgIpc) is 2.36. The summed E-state index contributed by atoms with van der Waals surface area (Å²) in [6, 6.07) is 7.00. The van der Waals surface area contributed by atoms with E-state index in [-0.39, 0.29) is 16.5 Å². The molecule has 5 heteroatoms. The highest BCUT2D eigenvalue weighted by molar-refractivity contribution is 9.09. The molecule has 4 nitrogen and oxygen atoms in total. The van der Waals surface area contributed by atoms with Crippen LogP contribution in [0.3, 0.4) is 0 Å². The van der Waals surface area contributed by atoms with Crippen molar-refractivity contribution in [3.63, 3.8) is 0 Å². The Hall–Kier alpha value is -1.49. The number of nitro groups is 1. The molecule has 0 N–H and O–H groups in total. The molecule has 2 rings (SSSR count). The zero-order chi connectivity index (χ0) is 13.3. The number of para-hydroxylation sites is 1. The molecule has 0 aliphatic heterocycles.